The number of aromatic nitrogens is 2. The van der Waals surface area contributed by atoms with Gasteiger partial charge in [0.2, 0.25) is 5.95 Å². The molecule has 1 aromatic heterocycles. The Bertz CT molecular complexity index is 592. The fraction of sp³-hybridized carbons (Fsp3) is 0.412. The number of ether oxygens (including phenoxy) is 2. The molecular weight excluding hydrogens is 292 g/mol. The van der Waals surface area contributed by atoms with E-state index in [2.05, 4.69) is 26.7 Å². The molecule has 6 nitrogen and oxygen atoms in total. The second-order valence-electron chi connectivity index (χ2n) is 5.07. The molecule has 0 aliphatic heterocycles. The average Bonchev–Trinajstić information content (AvgIpc) is 2.59. The van der Waals surface area contributed by atoms with Crippen molar-refractivity contribution in [3.63, 3.8) is 0 Å². The maximum absolute atomic E-state index is 5.23. The Hall–Kier alpha value is -2.34. The summed E-state index contributed by atoms with van der Waals surface area (Å²) in [4.78, 5) is 8.67. The van der Waals surface area contributed by atoms with Crippen LogP contribution in [0, 0.1) is 0 Å². The summed E-state index contributed by atoms with van der Waals surface area (Å²) in [6.45, 7) is 2.33. The van der Waals surface area contributed by atoms with Gasteiger partial charge in [0.25, 0.3) is 0 Å². The van der Waals surface area contributed by atoms with E-state index in [4.69, 9.17) is 9.47 Å². The second-order valence-corrected chi connectivity index (χ2v) is 5.07. The van der Waals surface area contributed by atoms with E-state index in [-0.39, 0.29) is 0 Å². The Morgan fingerprint density at radius 3 is 2.83 bits per heavy atom. The molecule has 0 fully saturated rings. The third-order valence-corrected chi connectivity index (χ3v) is 3.32. The van der Waals surface area contributed by atoms with Gasteiger partial charge in [0, 0.05) is 33.0 Å². The molecule has 0 saturated carbocycles. The summed E-state index contributed by atoms with van der Waals surface area (Å²) in [5.74, 6) is 2.32. The zero-order valence-corrected chi connectivity index (χ0v) is 13.7. The van der Waals surface area contributed by atoms with E-state index in [1.807, 2.05) is 24.3 Å². The van der Waals surface area contributed by atoms with Gasteiger partial charge in [-0.25, -0.2) is 4.98 Å². The molecule has 1 heterocycles. The van der Waals surface area contributed by atoms with Crippen LogP contribution in [-0.2, 0) is 11.2 Å². The van der Waals surface area contributed by atoms with Crippen LogP contribution in [0.25, 0.3) is 0 Å². The van der Waals surface area contributed by atoms with Crippen LogP contribution in [-0.4, -0.2) is 43.9 Å². The van der Waals surface area contributed by atoms with Gasteiger partial charge >= 0.3 is 0 Å². The number of benzene rings is 1. The number of nitrogens with one attached hydrogen (secondary N) is 2. The molecule has 0 aliphatic rings. The van der Waals surface area contributed by atoms with E-state index in [0.29, 0.717) is 5.95 Å². The number of anilines is 2. The van der Waals surface area contributed by atoms with Crippen molar-refractivity contribution in [3.05, 3.63) is 42.1 Å². The minimum atomic E-state index is 0.629. The molecule has 0 radical (unpaired) electrons. The molecule has 0 unspecified atom stereocenters. The van der Waals surface area contributed by atoms with E-state index < -0.39 is 0 Å². The van der Waals surface area contributed by atoms with E-state index in [1.165, 1.54) is 5.56 Å². The average molecular weight is 316 g/mol. The minimum absolute atomic E-state index is 0.629. The Kier molecular flexibility index (Phi) is 7.13. The molecule has 124 valence electrons. The van der Waals surface area contributed by atoms with Crippen LogP contribution in [0.15, 0.2) is 36.5 Å². The lowest BCUT2D eigenvalue weighted by Gasteiger charge is -2.09. The Balaban J connectivity index is 1.78. The number of hydrogen-bond donors (Lipinski definition) is 2. The molecule has 0 amide bonds. The van der Waals surface area contributed by atoms with E-state index in [9.17, 15) is 0 Å². The fourth-order valence-corrected chi connectivity index (χ4v) is 2.12. The van der Waals surface area contributed by atoms with Crippen molar-refractivity contribution in [1.29, 1.82) is 0 Å². The van der Waals surface area contributed by atoms with Crippen molar-refractivity contribution in [2.75, 3.05) is 44.5 Å². The van der Waals surface area contributed by atoms with Crippen LogP contribution in [0.5, 0.6) is 5.75 Å². The third kappa shape index (κ3) is 6.12. The highest BCUT2D eigenvalue weighted by molar-refractivity contribution is 5.39. The second kappa shape index (κ2) is 9.63. The van der Waals surface area contributed by atoms with Crippen LogP contribution in [0.4, 0.5) is 11.8 Å². The first-order chi connectivity index (χ1) is 11.3. The van der Waals surface area contributed by atoms with Crippen LogP contribution in [0.3, 0.4) is 0 Å². The third-order valence-electron chi connectivity index (χ3n) is 3.32. The van der Waals surface area contributed by atoms with Crippen LogP contribution >= 0.6 is 0 Å². The molecule has 1 aromatic carbocycles. The lowest BCUT2D eigenvalue weighted by Crippen LogP contribution is -2.10. The molecule has 2 rings (SSSR count). The van der Waals surface area contributed by atoms with Crippen molar-refractivity contribution < 1.29 is 9.47 Å². The summed E-state index contributed by atoms with van der Waals surface area (Å²) in [5, 5.41) is 6.50. The number of rotatable bonds is 10. The van der Waals surface area contributed by atoms with Crippen LogP contribution in [0.1, 0.15) is 12.0 Å². The van der Waals surface area contributed by atoms with Gasteiger partial charge in [-0.3, -0.25) is 0 Å². The highest BCUT2D eigenvalue weighted by Crippen LogP contribution is 2.13. The summed E-state index contributed by atoms with van der Waals surface area (Å²) in [5.41, 5.74) is 1.21. The zero-order valence-electron chi connectivity index (χ0n) is 13.7. The quantitative estimate of drug-likeness (QED) is 0.657. The maximum atomic E-state index is 5.23. The van der Waals surface area contributed by atoms with E-state index in [0.717, 1.165) is 44.1 Å². The number of nitrogens with zero attached hydrogens (tertiary/aromatic N) is 2. The molecule has 6 heteroatoms. The molecule has 0 saturated heterocycles. The van der Waals surface area contributed by atoms with Gasteiger partial charge in [0.15, 0.2) is 0 Å². The van der Waals surface area contributed by atoms with Gasteiger partial charge in [0.1, 0.15) is 11.6 Å². The number of methoxy groups -OCH3 is 2. The standard InChI is InChI=1S/C17H24N4O2/c1-22-12-4-9-18-16-8-11-20-17(21-16)19-10-7-14-5-3-6-15(13-14)23-2/h3,5-6,8,11,13H,4,7,9-10,12H2,1-2H3,(H2,18,19,20,21). The smallest absolute Gasteiger partial charge is 0.224 e. The van der Waals surface area contributed by atoms with Gasteiger partial charge in [0.05, 0.1) is 7.11 Å². The van der Waals surface area contributed by atoms with Crippen molar-refractivity contribution in [1.82, 2.24) is 9.97 Å². The molecule has 0 bridgehead atoms. The Morgan fingerprint density at radius 2 is 2.00 bits per heavy atom. The van der Waals surface area contributed by atoms with E-state index >= 15 is 0 Å². The van der Waals surface area contributed by atoms with Gasteiger partial charge in [-0.2, -0.15) is 4.98 Å². The first-order valence-corrected chi connectivity index (χ1v) is 7.74. The monoisotopic (exact) mass is 316 g/mol. The predicted octanol–water partition coefficient (Wildman–Crippen LogP) is 2.59. The summed E-state index contributed by atoms with van der Waals surface area (Å²) >= 11 is 0. The van der Waals surface area contributed by atoms with Crippen LogP contribution < -0.4 is 15.4 Å². The van der Waals surface area contributed by atoms with Crippen molar-refractivity contribution >= 4 is 11.8 Å². The summed E-state index contributed by atoms with van der Waals surface area (Å²) in [6, 6.07) is 9.92. The van der Waals surface area contributed by atoms with Gasteiger partial charge in [-0.15, -0.1) is 0 Å². The molecule has 23 heavy (non-hydrogen) atoms. The van der Waals surface area contributed by atoms with E-state index in [1.54, 1.807) is 20.4 Å². The molecule has 2 N–H and O–H groups in total. The Morgan fingerprint density at radius 1 is 1.09 bits per heavy atom. The van der Waals surface area contributed by atoms with Gasteiger partial charge < -0.3 is 20.1 Å². The van der Waals surface area contributed by atoms with Crippen molar-refractivity contribution in [3.8, 4) is 5.75 Å². The van der Waals surface area contributed by atoms with Gasteiger partial charge in [-0.1, -0.05) is 12.1 Å². The molecule has 0 aliphatic carbocycles. The van der Waals surface area contributed by atoms with Crippen molar-refractivity contribution in [2.24, 2.45) is 0 Å². The Labute approximate surface area is 137 Å². The topological polar surface area (TPSA) is 68.3 Å². The lowest BCUT2D eigenvalue weighted by atomic mass is 10.1. The first-order valence-electron chi connectivity index (χ1n) is 7.74. The minimum Gasteiger partial charge on any atom is -0.497 e. The highest BCUT2D eigenvalue weighted by atomic mass is 16.5. The summed E-state index contributed by atoms with van der Waals surface area (Å²) in [7, 11) is 3.38. The SMILES string of the molecule is COCCCNc1ccnc(NCCc2cccc(OC)c2)n1. The molecule has 2 aromatic rings. The predicted molar refractivity (Wildman–Crippen MR) is 92.2 cm³/mol. The summed E-state index contributed by atoms with van der Waals surface area (Å²) < 4.78 is 10.2. The van der Waals surface area contributed by atoms with Crippen LogP contribution in [0.2, 0.25) is 0 Å². The highest BCUT2D eigenvalue weighted by Gasteiger charge is 2.00. The zero-order chi connectivity index (χ0) is 16.3. The molecule has 0 spiro atoms. The first kappa shape index (κ1) is 17.0. The summed E-state index contributed by atoms with van der Waals surface area (Å²) in [6.07, 6.45) is 3.57. The largest absolute Gasteiger partial charge is 0.497 e. The normalized spacial score (nSPS) is 10.3. The maximum Gasteiger partial charge on any atom is 0.224 e. The lowest BCUT2D eigenvalue weighted by molar-refractivity contribution is 0.198. The molecule has 0 atom stereocenters. The van der Waals surface area contributed by atoms with Crippen molar-refractivity contribution in [2.45, 2.75) is 12.8 Å². The van der Waals surface area contributed by atoms with Gasteiger partial charge in [-0.05, 0) is 36.6 Å². The number of hydrogen-bond acceptors (Lipinski definition) is 6. The fourth-order valence-electron chi connectivity index (χ4n) is 2.12. The molecular formula is C17H24N4O2.